The average Bonchev–Trinajstić information content (AvgIpc) is 2.78. The Morgan fingerprint density at radius 1 is 1.35 bits per heavy atom. The van der Waals surface area contributed by atoms with Crippen LogP contribution in [0, 0.1) is 13.8 Å². The van der Waals surface area contributed by atoms with Gasteiger partial charge in [-0.2, -0.15) is 16.4 Å². The minimum atomic E-state index is 0.719. The van der Waals surface area contributed by atoms with Crippen molar-refractivity contribution >= 4 is 22.9 Å². The van der Waals surface area contributed by atoms with E-state index in [0.29, 0.717) is 0 Å². The van der Waals surface area contributed by atoms with Gasteiger partial charge < -0.3 is 5.32 Å². The Kier molecular flexibility index (Phi) is 3.86. The van der Waals surface area contributed by atoms with Crippen molar-refractivity contribution in [1.29, 1.82) is 0 Å². The summed E-state index contributed by atoms with van der Waals surface area (Å²) in [6, 6.07) is 0. The van der Waals surface area contributed by atoms with Crippen molar-refractivity contribution < 1.29 is 0 Å². The molecule has 0 saturated carbocycles. The van der Waals surface area contributed by atoms with Crippen LogP contribution in [0.15, 0.2) is 10.8 Å². The molecular formula is C12H16ClN3S. The highest BCUT2D eigenvalue weighted by Gasteiger charge is 2.10. The van der Waals surface area contributed by atoms with E-state index >= 15 is 0 Å². The Morgan fingerprint density at radius 2 is 2.12 bits per heavy atom. The van der Waals surface area contributed by atoms with Crippen LogP contribution >= 0.6 is 22.9 Å². The number of nitrogens with one attached hydrogen (secondary N) is 1. The van der Waals surface area contributed by atoms with Gasteiger partial charge in [-0.15, -0.1) is 0 Å². The minimum Gasteiger partial charge on any atom is -0.308 e. The standard InChI is InChI=1S/C12H16ClN3S/c1-8-6-17-7-10(8)4-14-5-11-9(2)15-16(3)12(11)13/h6-7,14H,4-5H2,1-3H3. The molecule has 0 unspecified atom stereocenters. The quantitative estimate of drug-likeness (QED) is 0.925. The number of thiophene rings is 1. The van der Waals surface area contributed by atoms with Gasteiger partial charge in [0.1, 0.15) is 5.15 Å². The Hall–Kier alpha value is -0.840. The molecule has 0 aliphatic heterocycles. The molecule has 0 fully saturated rings. The zero-order chi connectivity index (χ0) is 12.4. The molecule has 2 aromatic heterocycles. The first-order valence-electron chi connectivity index (χ1n) is 5.50. The largest absolute Gasteiger partial charge is 0.308 e. The van der Waals surface area contributed by atoms with Crippen LogP contribution in [0.5, 0.6) is 0 Å². The molecule has 0 aliphatic rings. The van der Waals surface area contributed by atoms with Crippen molar-refractivity contribution in [2.24, 2.45) is 7.05 Å². The predicted molar refractivity (Wildman–Crippen MR) is 72.6 cm³/mol. The lowest BCUT2D eigenvalue weighted by Gasteiger charge is -2.04. The van der Waals surface area contributed by atoms with E-state index in [1.54, 1.807) is 16.0 Å². The van der Waals surface area contributed by atoms with Crippen molar-refractivity contribution in [3.63, 3.8) is 0 Å². The lowest BCUT2D eigenvalue weighted by Crippen LogP contribution is -2.13. The molecule has 0 bridgehead atoms. The fourth-order valence-corrected chi connectivity index (χ4v) is 2.86. The summed E-state index contributed by atoms with van der Waals surface area (Å²) < 4.78 is 1.71. The highest BCUT2D eigenvalue weighted by Crippen LogP contribution is 2.19. The van der Waals surface area contributed by atoms with Gasteiger partial charge in [0.2, 0.25) is 0 Å². The second kappa shape index (κ2) is 5.21. The zero-order valence-corrected chi connectivity index (χ0v) is 11.8. The van der Waals surface area contributed by atoms with Crippen LogP contribution in [0.3, 0.4) is 0 Å². The Labute approximate surface area is 110 Å². The molecule has 0 amide bonds. The van der Waals surface area contributed by atoms with Crippen LogP contribution in [-0.4, -0.2) is 9.78 Å². The van der Waals surface area contributed by atoms with Crippen LogP contribution in [-0.2, 0) is 20.1 Å². The first-order chi connectivity index (χ1) is 8.09. The third-order valence-electron chi connectivity index (χ3n) is 2.85. The molecule has 0 atom stereocenters. The van der Waals surface area contributed by atoms with Gasteiger partial charge in [0, 0.05) is 25.7 Å². The fourth-order valence-electron chi connectivity index (χ4n) is 1.76. The fraction of sp³-hybridized carbons (Fsp3) is 0.417. The summed E-state index contributed by atoms with van der Waals surface area (Å²) >= 11 is 7.91. The molecule has 2 heterocycles. The van der Waals surface area contributed by atoms with Crippen molar-refractivity contribution in [3.8, 4) is 0 Å². The molecule has 5 heteroatoms. The highest BCUT2D eigenvalue weighted by molar-refractivity contribution is 7.08. The van der Waals surface area contributed by atoms with E-state index in [-0.39, 0.29) is 0 Å². The molecule has 1 N–H and O–H groups in total. The van der Waals surface area contributed by atoms with E-state index < -0.39 is 0 Å². The third-order valence-corrected chi connectivity index (χ3v) is 4.23. The number of hydrogen-bond acceptors (Lipinski definition) is 3. The van der Waals surface area contributed by atoms with Crippen molar-refractivity contribution in [2.45, 2.75) is 26.9 Å². The summed E-state index contributed by atoms with van der Waals surface area (Å²) in [6.07, 6.45) is 0. The van der Waals surface area contributed by atoms with Gasteiger partial charge in [-0.3, -0.25) is 4.68 Å². The first-order valence-corrected chi connectivity index (χ1v) is 6.82. The van der Waals surface area contributed by atoms with E-state index in [2.05, 4.69) is 28.1 Å². The van der Waals surface area contributed by atoms with Gasteiger partial charge in [-0.05, 0) is 35.7 Å². The van der Waals surface area contributed by atoms with Crippen LogP contribution in [0.1, 0.15) is 22.4 Å². The summed E-state index contributed by atoms with van der Waals surface area (Å²) in [4.78, 5) is 0. The van der Waals surface area contributed by atoms with E-state index in [1.165, 1.54) is 11.1 Å². The topological polar surface area (TPSA) is 29.9 Å². The molecule has 0 aliphatic carbocycles. The molecule has 2 aromatic rings. The molecule has 0 spiro atoms. The van der Waals surface area contributed by atoms with Gasteiger partial charge in [0.15, 0.2) is 0 Å². The molecule has 3 nitrogen and oxygen atoms in total. The monoisotopic (exact) mass is 269 g/mol. The smallest absolute Gasteiger partial charge is 0.131 e. The number of aryl methyl sites for hydroxylation is 3. The third kappa shape index (κ3) is 2.70. The van der Waals surface area contributed by atoms with Gasteiger partial charge in [0.05, 0.1) is 5.69 Å². The predicted octanol–water partition coefficient (Wildman–Crippen LogP) is 3.04. The number of rotatable bonds is 4. The van der Waals surface area contributed by atoms with Gasteiger partial charge in [-0.1, -0.05) is 11.6 Å². The van der Waals surface area contributed by atoms with E-state index in [1.807, 2.05) is 14.0 Å². The van der Waals surface area contributed by atoms with E-state index in [9.17, 15) is 0 Å². The van der Waals surface area contributed by atoms with Gasteiger partial charge in [-0.25, -0.2) is 0 Å². The summed E-state index contributed by atoms with van der Waals surface area (Å²) in [7, 11) is 1.86. The number of halogens is 1. The maximum absolute atomic E-state index is 6.17. The van der Waals surface area contributed by atoms with Crippen LogP contribution < -0.4 is 5.32 Å². The van der Waals surface area contributed by atoms with Gasteiger partial charge >= 0.3 is 0 Å². The summed E-state index contributed by atoms with van der Waals surface area (Å²) in [5.41, 5.74) is 4.78. The molecule has 17 heavy (non-hydrogen) atoms. The maximum atomic E-state index is 6.17. The minimum absolute atomic E-state index is 0.719. The zero-order valence-electron chi connectivity index (χ0n) is 10.2. The van der Waals surface area contributed by atoms with Crippen molar-refractivity contribution in [1.82, 2.24) is 15.1 Å². The summed E-state index contributed by atoms with van der Waals surface area (Å²) in [6.45, 7) is 5.75. The van der Waals surface area contributed by atoms with Crippen molar-refractivity contribution in [3.05, 3.63) is 38.3 Å². The SMILES string of the molecule is Cc1cscc1CNCc1c(C)nn(C)c1Cl. The van der Waals surface area contributed by atoms with Crippen LogP contribution in [0.25, 0.3) is 0 Å². The molecule has 0 saturated heterocycles. The average molecular weight is 270 g/mol. The molecule has 92 valence electrons. The number of nitrogens with zero attached hydrogens (tertiary/aromatic N) is 2. The Morgan fingerprint density at radius 3 is 2.65 bits per heavy atom. The molecule has 2 rings (SSSR count). The van der Waals surface area contributed by atoms with Crippen LogP contribution in [0.4, 0.5) is 0 Å². The molecule has 0 aromatic carbocycles. The Bertz CT molecular complexity index is 516. The van der Waals surface area contributed by atoms with E-state index in [4.69, 9.17) is 11.6 Å². The summed E-state index contributed by atoms with van der Waals surface area (Å²) in [5, 5.41) is 12.8. The molecular weight excluding hydrogens is 254 g/mol. The highest BCUT2D eigenvalue weighted by atomic mass is 35.5. The first kappa shape index (κ1) is 12.6. The van der Waals surface area contributed by atoms with Crippen molar-refractivity contribution in [2.75, 3.05) is 0 Å². The van der Waals surface area contributed by atoms with E-state index in [0.717, 1.165) is 29.5 Å². The maximum Gasteiger partial charge on any atom is 0.131 e. The Balaban J connectivity index is 1.97. The van der Waals surface area contributed by atoms with Crippen LogP contribution in [0.2, 0.25) is 5.15 Å². The lowest BCUT2D eigenvalue weighted by atomic mass is 10.2. The molecule has 0 radical (unpaired) electrons. The second-order valence-electron chi connectivity index (χ2n) is 4.16. The second-order valence-corrected chi connectivity index (χ2v) is 5.26. The number of aromatic nitrogens is 2. The lowest BCUT2D eigenvalue weighted by molar-refractivity contribution is 0.689. The normalized spacial score (nSPS) is 11.1. The summed E-state index contributed by atoms with van der Waals surface area (Å²) in [5.74, 6) is 0. The van der Waals surface area contributed by atoms with Gasteiger partial charge in [0.25, 0.3) is 0 Å². The number of hydrogen-bond donors (Lipinski definition) is 1.